The van der Waals surface area contributed by atoms with Crippen LogP contribution in [-0.2, 0) is 16.0 Å². The Balaban J connectivity index is 1.13. The second kappa shape index (κ2) is 16.2. The third-order valence-electron chi connectivity index (χ3n) is 8.99. The van der Waals surface area contributed by atoms with Crippen LogP contribution >= 0.6 is 11.6 Å². The summed E-state index contributed by atoms with van der Waals surface area (Å²) in [5.74, 6) is 1.74. The lowest BCUT2D eigenvalue weighted by Crippen LogP contribution is -2.51. The molecule has 4 heterocycles. The van der Waals surface area contributed by atoms with Crippen molar-refractivity contribution in [1.82, 2.24) is 44.9 Å². The molecule has 1 aliphatic heterocycles. The van der Waals surface area contributed by atoms with E-state index in [4.69, 9.17) is 35.6 Å². The van der Waals surface area contributed by atoms with E-state index in [1.165, 1.54) is 0 Å². The number of hydrogen-bond donors (Lipinski definition) is 1. The molecule has 4 aromatic rings. The molecule has 0 radical (unpaired) electrons. The topological polar surface area (TPSA) is 139 Å². The smallest absolute Gasteiger partial charge is 0.256 e. The van der Waals surface area contributed by atoms with Crippen LogP contribution < -0.4 is 14.8 Å². The lowest BCUT2D eigenvalue weighted by molar-refractivity contribution is -0.0852. The molecule has 2 fully saturated rings. The summed E-state index contributed by atoms with van der Waals surface area (Å²) in [7, 11) is 1.70. The Morgan fingerprint density at radius 2 is 1.73 bits per heavy atom. The molecule has 15 heteroatoms. The van der Waals surface area contributed by atoms with Crippen LogP contribution in [0.4, 0.5) is 11.6 Å². The van der Waals surface area contributed by atoms with Crippen LogP contribution in [0.2, 0.25) is 5.02 Å². The fourth-order valence-electron chi connectivity index (χ4n) is 6.73. The molecule has 0 unspecified atom stereocenters. The van der Waals surface area contributed by atoms with Gasteiger partial charge in [-0.05, 0) is 74.6 Å². The van der Waals surface area contributed by atoms with Crippen molar-refractivity contribution in [3.05, 3.63) is 48.1 Å². The number of nitrogens with zero attached hydrogens (tertiary/aromatic N) is 9. The van der Waals surface area contributed by atoms with Crippen LogP contribution in [0.15, 0.2) is 43.1 Å². The number of rotatable bonds is 14. The van der Waals surface area contributed by atoms with Gasteiger partial charge in [-0.1, -0.05) is 24.6 Å². The molecule has 1 aromatic carbocycles. The molecule has 1 aliphatic carbocycles. The maximum absolute atomic E-state index is 6.47. The Labute approximate surface area is 292 Å². The summed E-state index contributed by atoms with van der Waals surface area (Å²) in [6, 6.07) is 6.48. The number of benzene rings is 1. The molecule has 2 aliphatic rings. The first-order valence-electron chi connectivity index (χ1n) is 17.1. The molecule has 1 saturated heterocycles. The summed E-state index contributed by atoms with van der Waals surface area (Å²) in [5.41, 5.74) is 2.43. The van der Waals surface area contributed by atoms with Gasteiger partial charge in [0.15, 0.2) is 0 Å². The first-order chi connectivity index (χ1) is 23.7. The largest absolute Gasteiger partial charge is 0.487 e. The third kappa shape index (κ3) is 9.24. The van der Waals surface area contributed by atoms with Crippen LogP contribution in [0.5, 0.6) is 11.6 Å². The van der Waals surface area contributed by atoms with Crippen molar-refractivity contribution < 1.29 is 18.9 Å². The van der Waals surface area contributed by atoms with E-state index in [1.807, 2.05) is 25.3 Å². The number of morpholine rings is 1. The minimum atomic E-state index is -0.207. The minimum absolute atomic E-state index is 0.207. The van der Waals surface area contributed by atoms with E-state index < -0.39 is 0 Å². The highest BCUT2D eigenvalue weighted by atomic mass is 35.5. The van der Waals surface area contributed by atoms with Gasteiger partial charge in [-0.25, -0.2) is 14.6 Å². The predicted molar refractivity (Wildman–Crippen MR) is 185 cm³/mol. The quantitative estimate of drug-likeness (QED) is 0.180. The zero-order valence-corrected chi connectivity index (χ0v) is 29.7. The minimum Gasteiger partial charge on any atom is -0.487 e. The number of aromatic nitrogens is 8. The van der Waals surface area contributed by atoms with Crippen molar-refractivity contribution in [2.75, 3.05) is 38.7 Å². The highest BCUT2D eigenvalue weighted by Crippen LogP contribution is 2.36. The average Bonchev–Trinajstić information content (AvgIpc) is 3.75. The van der Waals surface area contributed by atoms with Crippen molar-refractivity contribution in [1.29, 1.82) is 0 Å². The molecule has 0 amide bonds. The normalized spacial score (nSPS) is 22.8. The van der Waals surface area contributed by atoms with Crippen LogP contribution in [0, 0.1) is 5.92 Å². The van der Waals surface area contributed by atoms with E-state index in [2.05, 4.69) is 61.2 Å². The van der Waals surface area contributed by atoms with Gasteiger partial charge in [0.25, 0.3) is 5.88 Å². The maximum atomic E-state index is 6.47. The van der Waals surface area contributed by atoms with Gasteiger partial charge in [0.05, 0.1) is 49.2 Å². The average molecular weight is 695 g/mol. The summed E-state index contributed by atoms with van der Waals surface area (Å²) < 4.78 is 27.3. The second-order valence-electron chi connectivity index (χ2n) is 13.4. The number of methoxy groups -OCH3 is 1. The molecule has 49 heavy (non-hydrogen) atoms. The Bertz CT molecular complexity index is 1600. The Hall–Kier alpha value is -3.85. The van der Waals surface area contributed by atoms with Gasteiger partial charge >= 0.3 is 0 Å². The van der Waals surface area contributed by atoms with Crippen molar-refractivity contribution in [3.8, 4) is 22.8 Å². The Kier molecular flexibility index (Phi) is 11.6. The third-order valence-corrected chi connectivity index (χ3v) is 9.30. The molecule has 0 spiro atoms. The molecule has 1 N–H and O–H groups in total. The molecule has 264 valence electrons. The Morgan fingerprint density at radius 3 is 2.43 bits per heavy atom. The van der Waals surface area contributed by atoms with Crippen LogP contribution in [0.25, 0.3) is 11.1 Å². The lowest BCUT2D eigenvalue weighted by atomic mass is 9.89. The van der Waals surface area contributed by atoms with Gasteiger partial charge in [-0.2, -0.15) is 0 Å². The van der Waals surface area contributed by atoms with Gasteiger partial charge in [-0.3, -0.25) is 9.58 Å². The molecular weight excluding hydrogens is 648 g/mol. The molecule has 3 aromatic heterocycles. The summed E-state index contributed by atoms with van der Waals surface area (Å²) in [6.07, 6.45) is 11.8. The van der Waals surface area contributed by atoms with Gasteiger partial charge in [0, 0.05) is 50.1 Å². The number of tetrazole rings is 1. The van der Waals surface area contributed by atoms with Crippen molar-refractivity contribution >= 4 is 23.2 Å². The number of hydrogen-bond acceptors (Lipinski definition) is 12. The van der Waals surface area contributed by atoms with Gasteiger partial charge in [0.1, 0.15) is 23.9 Å². The highest BCUT2D eigenvalue weighted by molar-refractivity contribution is 6.32. The standard InChI is InChI=1S/C34H47ClN10O4/c1-22(19-46-5)20-47-33-31(18-45(40-33)29-9-7-28(8-10-29)43-15-23(2)48-24(3)16-43)39-34-36-13-27(14-37-34)26-6-11-30(35)32(12-26)49-25(4)17-44-21-38-41-42-44/h6,11-14,18,21-25,28-29H,7-10,15-17,19-20H2,1-5H3,(H,36,37,39)/t22-,23-,24+,25-,28?,29?/m0/s1. The summed E-state index contributed by atoms with van der Waals surface area (Å²) in [5, 5.41) is 20.0. The van der Waals surface area contributed by atoms with Crippen LogP contribution in [-0.4, -0.2) is 103 Å². The van der Waals surface area contributed by atoms with E-state index in [-0.39, 0.29) is 24.2 Å². The van der Waals surface area contributed by atoms with E-state index >= 15 is 0 Å². The van der Waals surface area contributed by atoms with E-state index in [1.54, 1.807) is 36.6 Å². The molecule has 4 atom stereocenters. The molecular formula is C34H47ClN10O4. The zero-order valence-electron chi connectivity index (χ0n) is 28.9. The van der Waals surface area contributed by atoms with Gasteiger partial charge < -0.3 is 24.3 Å². The molecule has 14 nitrogen and oxygen atoms in total. The highest BCUT2D eigenvalue weighted by Gasteiger charge is 2.32. The molecule has 6 rings (SSSR count). The predicted octanol–water partition coefficient (Wildman–Crippen LogP) is 5.45. The van der Waals surface area contributed by atoms with Crippen molar-refractivity contribution in [3.63, 3.8) is 0 Å². The summed E-state index contributed by atoms with van der Waals surface area (Å²) >= 11 is 6.47. The van der Waals surface area contributed by atoms with E-state index in [0.717, 1.165) is 55.6 Å². The first kappa shape index (κ1) is 35.0. The number of anilines is 2. The van der Waals surface area contributed by atoms with E-state index in [0.29, 0.717) is 54.4 Å². The fraction of sp³-hybridized carbons (Fsp3) is 0.588. The summed E-state index contributed by atoms with van der Waals surface area (Å²) in [6.45, 7) is 11.9. The van der Waals surface area contributed by atoms with Gasteiger partial charge in [-0.15, -0.1) is 10.2 Å². The molecule has 0 bridgehead atoms. The zero-order chi connectivity index (χ0) is 34.3. The van der Waals surface area contributed by atoms with Crippen LogP contribution in [0.3, 0.4) is 0 Å². The number of ether oxygens (including phenoxy) is 4. The first-order valence-corrected chi connectivity index (χ1v) is 17.5. The summed E-state index contributed by atoms with van der Waals surface area (Å²) in [4.78, 5) is 11.9. The monoisotopic (exact) mass is 694 g/mol. The lowest BCUT2D eigenvalue weighted by Gasteiger charge is -2.42. The van der Waals surface area contributed by atoms with Crippen LogP contribution in [0.1, 0.15) is 59.4 Å². The Morgan fingerprint density at radius 1 is 1.00 bits per heavy atom. The van der Waals surface area contributed by atoms with Crippen molar-refractivity contribution in [2.24, 2.45) is 5.92 Å². The fourth-order valence-corrected chi connectivity index (χ4v) is 6.89. The SMILES string of the molecule is COC[C@H](C)COc1nn(C2CCC(N3C[C@@H](C)O[C@@H](C)C3)CC2)cc1Nc1ncc(-c2ccc(Cl)c(O[C@@H](C)Cn3cnnn3)c2)cn1. The number of halogens is 1. The van der Waals surface area contributed by atoms with E-state index in [9.17, 15) is 0 Å². The second-order valence-corrected chi connectivity index (χ2v) is 13.8. The van der Waals surface area contributed by atoms with Gasteiger partial charge in [0.2, 0.25) is 5.95 Å². The maximum Gasteiger partial charge on any atom is 0.256 e. The molecule has 1 saturated carbocycles. The van der Waals surface area contributed by atoms with Crippen molar-refractivity contribution in [2.45, 2.75) is 90.3 Å². The number of nitrogens with one attached hydrogen (secondary N) is 1.